The van der Waals surface area contributed by atoms with Gasteiger partial charge in [0, 0.05) is 18.5 Å². The molecule has 1 aromatic rings. The van der Waals surface area contributed by atoms with E-state index in [0.717, 1.165) is 38.8 Å². The van der Waals surface area contributed by atoms with Crippen molar-refractivity contribution in [3.05, 3.63) is 35.9 Å². The maximum atomic E-state index is 12.8. The van der Waals surface area contributed by atoms with Crippen molar-refractivity contribution in [3.63, 3.8) is 0 Å². The van der Waals surface area contributed by atoms with Crippen LogP contribution in [0.1, 0.15) is 44.2 Å². The van der Waals surface area contributed by atoms with E-state index in [1.54, 1.807) is 0 Å². The molecule has 2 heterocycles. The Kier molecular flexibility index (Phi) is 5.65. The number of nitrogens with one attached hydrogen (secondary N) is 1. The van der Waals surface area contributed by atoms with Gasteiger partial charge in [0.25, 0.3) is 0 Å². The van der Waals surface area contributed by atoms with Gasteiger partial charge in [0.2, 0.25) is 5.91 Å². The average molecular weight is 309 g/mol. The molecule has 1 N–H and O–H groups in total. The molecule has 3 rings (SSSR count). The van der Waals surface area contributed by atoms with Crippen LogP contribution < -0.4 is 5.32 Å². The molecule has 0 aromatic heterocycles. The number of carbonyl (C=O) groups excluding carboxylic acids is 1. The molecule has 0 bridgehead atoms. The topological polar surface area (TPSA) is 32.3 Å². The van der Waals surface area contributed by atoms with Crippen molar-refractivity contribution in [2.24, 2.45) is 5.92 Å². The third-order valence-corrected chi connectivity index (χ3v) is 4.69. The number of likely N-dealkylation sites (tertiary alicyclic amines) is 1. The van der Waals surface area contributed by atoms with E-state index in [0.29, 0.717) is 18.0 Å². The zero-order chi connectivity index (χ0) is 13.9. The summed E-state index contributed by atoms with van der Waals surface area (Å²) >= 11 is 0. The van der Waals surface area contributed by atoms with E-state index >= 15 is 0 Å². The van der Waals surface area contributed by atoms with Crippen molar-refractivity contribution >= 4 is 18.3 Å². The Labute approximate surface area is 133 Å². The zero-order valence-corrected chi connectivity index (χ0v) is 13.4. The average Bonchev–Trinajstić information content (AvgIpc) is 2.97. The Hall–Kier alpha value is -1.06. The van der Waals surface area contributed by atoms with Crippen LogP contribution in [0.25, 0.3) is 0 Å². The third kappa shape index (κ3) is 3.58. The molecule has 1 aromatic carbocycles. The molecule has 3 atom stereocenters. The number of hydrogen-bond acceptors (Lipinski definition) is 2. The molecule has 4 heteroatoms. The fraction of sp³-hybridized carbons (Fsp3) is 0.588. The highest BCUT2D eigenvalue weighted by Gasteiger charge is 2.35. The lowest BCUT2D eigenvalue weighted by Crippen LogP contribution is -2.44. The highest BCUT2D eigenvalue weighted by atomic mass is 35.5. The fourth-order valence-corrected chi connectivity index (χ4v) is 3.64. The van der Waals surface area contributed by atoms with Gasteiger partial charge in [-0.25, -0.2) is 0 Å². The quantitative estimate of drug-likeness (QED) is 0.910. The first-order valence-electron chi connectivity index (χ1n) is 7.84. The van der Waals surface area contributed by atoms with Crippen LogP contribution in [0, 0.1) is 5.92 Å². The van der Waals surface area contributed by atoms with E-state index in [1.165, 1.54) is 5.56 Å². The standard InChI is InChI=1S/C17H24N2O.ClH/c1-13-12-15(9-10-18-13)17(20)19-11-5-8-16(19)14-6-3-2-4-7-14;/h2-4,6-7,13,15-16,18H,5,8-12H2,1H3;1H/t13-,15-,16?;/m0./s1. The first kappa shape index (κ1) is 16.3. The summed E-state index contributed by atoms with van der Waals surface area (Å²) in [5.41, 5.74) is 1.29. The number of amides is 1. The van der Waals surface area contributed by atoms with Crippen LogP contribution >= 0.6 is 12.4 Å². The molecular formula is C17H25ClN2O. The van der Waals surface area contributed by atoms with Crippen LogP contribution in [0.15, 0.2) is 30.3 Å². The van der Waals surface area contributed by atoms with E-state index in [1.807, 2.05) is 6.07 Å². The number of rotatable bonds is 2. The lowest BCUT2D eigenvalue weighted by atomic mass is 9.91. The minimum Gasteiger partial charge on any atom is -0.335 e. The van der Waals surface area contributed by atoms with Crippen molar-refractivity contribution in [2.75, 3.05) is 13.1 Å². The van der Waals surface area contributed by atoms with Crippen molar-refractivity contribution in [3.8, 4) is 0 Å². The molecule has 0 spiro atoms. The molecule has 2 fully saturated rings. The lowest BCUT2D eigenvalue weighted by Gasteiger charge is -2.33. The summed E-state index contributed by atoms with van der Waals surface area (Å²) in [4.78, 5) is 15.0. The monoisotopic (exact) mass is 308 g/mol. The molecule has 21 heavy (non-hydrogen) atoms. The van der Waals surface area contributed by atoms with Gasteiger partial charge < -0.3 is 10.2 Å². The molecule has 2 aliphatic heterocycles. The molecule has 3 nitrogen and oxygen atoms in total. The number of hydrogen-bond donors (Lipinski definition) is 1. The SMILES string of the molecule is C[C@H]1C[C@@H](C(=O)N2CCCC2c2ccccc2)CCN1.Cl. The molecule has 0 saturated carbocycles. The molecule has 2 saturated heterocycles. The lowest BCUT2D eigenvalue weighted by molar-refractivity contribution is -0.137. The van der Waals surface area contributed by atoms with Gasteiger partial charge in [0.05, 0.1) is 6.04 Å². The van der Waals surface area contributed by atoms with Gasteiger partial charge in [0.15, 0.2) is 0 Å². The Morgan fingerprint density at radius 1 is 1.24 bits per heavy atom. The van der Waals surface area contributed by atoms with Crippen molar-refractivity contribution in [2.45, 2.75) is 44.7 Å². The molecule has 1 amide bonds. The minimum absolute atomic E-state index is 0. The molecule has 116 valence electrons. The smallest absolute Gasteiger partial charge is 0.226 e. The number of benzene rings is 1. The highest BCUT2D eigenvalue weighted by molar-refractivity contribution is 5.85. The fourth-order valence-electron chi connectivity index (χ4n) is 3.64. The van der Waals surface area contributed by atoms with Crippen LogP contribution in [0.3, 0.4) is 0 Å². The summed E-state index contributed by atoms with van der Waals surface area (Å²) in [5, 5.41) is 3.43. The van der Waals surface area contributed by atoms with E-state index in [2.05, 4.69) is 41.4 Å². The first-order chi connectivity index (χ1) is 9.75. The van der Waals surface area contributed by atoms with Gasteiger partial charge in [-0.05, 0) is 44.7 Å². The van der Waals surface area contributed by atoms with E-state index in [9.17, 15) is 4.79 Å². The molecule has 0 aliphatic carbocycles. The molecule has 2 aliphatic rings. The largest absolute Gasteiger partial charge is 0.335 e. The van der Waals surface area contributed by atoms with Gasteiger partial charge in [-0.2, -0.15) is 0 Å². The summed E-state index contributed by atoms with van der Waals surface area (Å²) in [6, 6.07) is 11.3. The van der Waals surface area contributed by atoms with E-state index in [-0.39, 0.29) is 18.3 Å². The predicted molar refractivity (Wildman–Crippen MR) is 87.6 cm³/mol. The van der Waals surface area contributed by atoms with Gasteiger partial charge in [-0.1, -0.05) is 30.3 Å². The van der Waals surface area contributed by atoms with Gasteiger partial charge in [0.1, 0.15) is 0 Å². The zero-order valence-electron chi connectivity index (χ0n) is 12.6. The number of halogens is 1. The number of carbonyl (C=O) groups is 1. The van der Waals surface area contributed by atoms with Gasteiger partial charge in [-0.3, -0.25) is 4.79 Å². The van der Waals surface area contributed by atoms with E-state index in [4.69, 9.17) is 0 Å². The van der Waals surface area contributed by atoms with Gasteiger partial charge in [-0.15, -0.1) is 12.4 Å². The third-order valence-electron chi connectivity index (χ3n) is 4.69. The first-order valence-corrected chi connectivity index (χ1v) is 7.84. The van der Waals surface area contributed by atoms with Gasteiger partial charge >= 0.3 is 0 Å². The Morgan fingerprint density at radius 3 is 2.71 bits per heavy atom. The van der Waals surface area contributed by atoms with E-state index < -0.39 is 0 Å². The Balaban J connectivity index is 0.00000161. The van der Waals surface area contributed by atoms with Crippen molar-refractivity contribution in [1.29, 1.82) is 0 Å². The molecule has 1 unspecified atom stereocenters. The maximum absolute atomic E-state index is 12.8. The molecular weight excluding hydrogens is 284 g/mol. The second kappa shape index (κ2) is 7.28. The van der Waals surface area contributed by atoms with Crippen LogP contribution in [-0.2, 0) is 4.79 Å². The van der Waals surface area contributed by atoms with Crippen LogP contribution in [-0.4, -0.2) is 29.9 Å². The summed E-state index contributed by atoms with van der Waals surface area (Å²) in [6.07, 6.45) is 4.21. The summed E-state index contributed by atoms with van der Waals surface area (Å²) in [5.74, 6) is 0.597. The maximum Gasteiger partial charge on any atom is 0.226 e. The Bertz CT molecular complexity index is 465. The predicted octanol–water partition coefficient (Wildman–Crippen LogP) is 3.16. The number of piperidine rings is 1. The van der Waals surface area contributed by atoms with Crippen LogP contribution in [0.5, 0.6) is 0 Å². The minimum atomic E-state index is 0. The second-order valence-corrected chi connectivity index (χ2v) is 6.18. The molecule has 0 radical (unpaired) electrons. The second-order valence-electron chi connectivity index (χ2n) is 6.18. The highest BCUT2D eigenvalue weighted by Crippen LogP contribution is 2.34. The van der Waals surface area contributed by atoms with Crippen molar-refractivity contribution < 1.29 is 4.79 Å². The summed E-state index contributed by atoms with van der Waals surface area (Å²) in [7, 11) is 0. The Morgan fingerprint density at radius 2 is 2.00 bits per heavy atom. The summed E-state index contributed by atoms with van der Waals surface area (Å²) in [6.45, 7) is 4.08. The normalized spacial score (nSPS) is 29.0. The van der Waals surface area contributed by atoms with Crippen molar-refractivity contribution in [1.82, 2.24) is 10.2 Å². The van der Waals surface area contributed by atoms with Crippen LogP contribution in [0.4, 0.5) is 0 Å². The summed E-state index contributed by atoms with van der Waals surface area (Å²) < 4.78 is 0. The van der Waals surface area contributed by atoms with Crippen LogP contribution in [0.2, 0.25) is 0 Å². The number of nitrogens with zero attached hydrogens (tertiary/aromatic N) is 1.